The Hall–Kier alpha value is -2.24. The smallest absolute Gasteiger partial charge is 0.326 e. The van der Waals surface area contributed by atoms with E-state index in [9.17, 15) is 19.8 Å². The Bertz CT molecular complexity index is 473. The van der Waals surface area contributed by atoms with Gasteiger partial charge in [0.2, 0.25) is 0 Å². The summed E-state index contributed by atoms with van der Waals surface area (Å²) in [6.45, 7) is 3.89. The van der Waals surface area contributed by atoms with E-state index >= 15 is 0 Å². The Morgan fingerprint density at radius 3 is 2.33 bits per heavy atom. The fourth-order valence-corrected chi connectivity index (χ4v) is 2.00. The molecule has 0 saturated carbocycles. The van der Waals surface area contributed by atoms with Crippen molar-refractivity contribution >= 4 is 12.0 Å². The normalized spacial score (nSPS) is 13.2. The van der Waals surface area contributed by atoms with Crippen LogP contribution in [0.4, 0.5) is 4.79 Å². The molecule has 1 aromatic rings. The van der Waals surface area contributed by atoms with Gasteiger partial charge in [0.25, 0.3) is 0 Å². The first-order chi connectivity index (χ1) is 9.92. The summed E-state index contributed by atoms with van der Waals surface area (Å²) >= 11 is 0. The van der Waals surface area contributed by atoms with Gasteiger partial charge >= 0.3 is 12.0 Å². The van der Waals surface area contributed by atoms with Crippen molar-refractivity contribution in [1.29, 1.82) is 0 Å². The average Bonchev–Trinajstić information content (AvgIpc) is 2.40. The van der Waals surface area contributed by atoms with Crippen LogP contribution in [0.5, 0.6) is 5.75 Å². The lowest BCUT2D eigenvalue weighted by molar-refractivity contribution is -0.139. The molecule has 1 aromatic carbocycles. The number of benzene rings is 1. The molecule has 0 radical (unpaired) electrons. The van der Waals surface area contributed by atoms with Crippen molar-refractivity contribution in [2.24, 2.45) is 0 Å². The highest BCUT2D eigenvalue weighted by molar-refractivity contribution is 5.82. The number of carboxylic acid groups (broad SMARTS) is 1. The largest absolute Gasteiger partial charge is 0.508 e. The van der Waals surface area contributed by atoms with E-state index in [1.165, 1.54) is 12.1 Å². The van der Waals surface area contributed by atoms with E-state index in [1.807, 2.05) is 13.8 Å². The highest BCUT2D eigenvalue weighted by Gasteiger charge is 2.21. The number of phenolic OH excluding ortho intramolecular Hbond substituents is 1. The minimum Gasteiger partial charge on any atom is -0.508 e. The van der Waals surface area contributed by atoms with Gasteiger partial charge in [-0.25, -0.2) is 9.59 Å². The average molecular weight is 294 g/mol. The van der Waals surface area contributed by atoms with Crippen LogP contribution >= 0.6 is 0 Å². The number of aromatic hydroxyl groups is 1. The molecule has 0 fully saturated rings. The third kappa shape index (κ3) is 6.16. The van der Waals surface area contributed by atoms with Gasteiger partial charge < -0.3 is 20.8 Å². The van der Waals surface area contributed by atoms with Crippen LogP contribution in [0.2, 0.25) is 0 Å². The molecule has 0 aromatic heterocycles. The van der Waals surface area contributed by atoms with E-state index in [4.69, 9.17) is 0 Å². The highest BCUT2D eigenvalue weighted by atomic mass is 16.4. The first-order valence-corrected chi connectivity index (χ1v) is 7.00. The number of nitrogens with one attached hydrogen (secondary N) is 2. The van der Waals surface area contributed by atoms with Crippen molar-refractivity contribution in [3.63, 3.8) is 0 Å². The molecule has 0 heterocycles. The number of hydrogen-bond donors (Lipinski definition) is 4. The van der Waals surface area contributed by atoms with Gasteiger partial charge in [-0.15, -0.1) is 0 Å². The molecule has 0 aliphatic carbocycles. The van der Waals surface area contributed by atoms with Crippen LogP contribution in [0.15, 0.2) is 24.3 Å². The Morgan fingerprint density at radius 2 is 1.81 bits per heavy atom. The summed E-state index contributed by atoms with van der Waals surface area (Å²) < 4.78 is 0. The summed E-state index contributed by atoms with van der Waals surface area (Å²) in [5, 5.41) is 23.5. The number of amides is 2. The number of aliphatic carboxylic acids is 1. The van der Waals surface area contributed by atoms with Crippen molar-refractivity contribution in [3.8, 4) is 5.75 Å². The van der Waals surface area contributed by atoms with Gasteiger partial charge in [-0.1, -0.05) is 25.5 Å². The van der Waals surface area contributed by atoms with Crippen LogP contribution in [0, 0.1) is 0 Å². The van der Waals surface area contributed by atoms with E-state index < -0.39 is 18.0 Å². The molecular weight excluding hydrogens is 272 g/mol. The summed E-state index contributed by atoms with van der Waals surface area (Å²) in [7, 11) is 0. The molecule has 0 saturated heterocycles. The molecule has 6 heteroatoms. The lowest BCUT2D eigenvalue weighted by Gasteiger charge is -2.18. The first-order valence-electron chi connectivity index (χ1n) is 7.00. The van der Waals surface area contributed by atoms with Gasteiger partial charge in [0.15, 0.2) is 0 Å². The van der Waals surface area contributed by atoms with Crippen LogP contribution in [-0.4, -0.2) is 34.3 Å². The van der Waals surface area contributed by atoms with Gasteiger partial charge in [-0.2, -0.15) is 0 Å². The number of urea groups is 1. The van der Waals surface area contributed by atoms with Crippen LogP contribution in [-0.2, 0) is 11.2 Å². The second-order valence-electron chi connectivity index (χ2n) is 5.07. The maximum Gasteiger partial charge on any atom is 0.326 e. The number of phenols is 1. The van der Waals surface area contributed by atoms with Crippen molar-refractivity contribution in [2.75, 3.05) is 0 Å². The zero-order chi connectivity index (χ0) is 15.8. The molecule has 6 nitrogen and oxygen atoms in total. The van der Waals surface area contributed by atoms with Gasteiger partial charge in [-0.05, 0) is 31.0 Å². The SMILES string of the molecule is CCCC(C)NC(=O)NC(Cc1ccc(O)cc1)C(=O)O. The number of hydrogen-bond acceptors (Lipinski definition) is 3. The first kappa shape index (κ1) is 16.8. The van der Waals surface area contributed by atoms with Crippen molar-refractivity contribution in [3.05, 3.63) is 29.8 Å². The minimum atomic E-state index is -1.10. The fraction of sp³-hybridized carbons (Fsp3) is 0.467. The van der Waals surface area contributed by atoms with Crippen molar-refractivity contribution in [1.82, 2.24) is 10.6 Å². The molecule has 21 heavy (non-hydrogen) atoms. The number of carbonyl (C=O) groups is 2. The van der Waals surface area contributed by atoms with Gasteiger partial charge in [0.1, 0.15) is 11.8 Å². The lowest BCUT2D eigenvalue weighted by atomic mass is 10.1. The third-order valence-corrected chi connectivity index (χ3v) is 3.08. The Kier molecular flexibility index (Phi) is 6.52. The van der Waals surface area contributed by atoms with E-state index in [-0.39, 0.29) is 18.2 Å². The number of carboxylic acids is 1. The van der Waals surface area contributed by atoms with Gasteiger partial charge in [0.05, 0.1) is 0 Å². The summed E-state index contributed by atoms with van der Waals surface area (Å²) in [4.78, 5) is 23.0. The van der Waals surface area contributed by atoms with Crippen LogP contribution < -0.4 is 10.6 Å². The molecule has 116 valence electrons. The van der Waals surface area contributed by atoms with Crippen LogP contribution in [0.3, 0.4) is 0 Å². The number of carbonyl (C=O) groups excluding carboxylic acids is 1. The topological polar surface area (TPSA) is 98.7 Å². The second-order valence-corrected chi connectivity index (χ2v) is 5.07. The molecule has 2 unspecified atom stereocenters. The Morgan fingerprint density at radius 1 is 1.19 bits per heavy atom. The fourth-order valence-electron chi connectivity index (χ4n) is 2.00. The minimum absolute atomic E-state index is 0.00174. The highest BCUT2D eigenvalue weighted by Crippen LogP contribution is 2.11. The monoisotopic (exact) mass is 294 g/mol. The Labute approximate surface area is 124 Å². The summed E-state index contributed by atoms with van der Waals surface area (Å²) in [6, 6.07) is 4.73. The van der Waals surface area contributed by atoms with Crippen LogP contribution in [0.25, 0.3) is 0 Å². The molecule has 2 atom stereocenters. The summed E-state index contributed by atoms with van der Waals surface area (Å²) in [6.07, 6.45) is 1.94. The van der Waals surface area contributed by atoms with E-state index in [0.717, 1.165) is 18.4 Å². The number of rotatable bonds is 7. The van der Waals surface area contributed by atoms with Crippen LogP contribution in [0.1, 0.15) is 32.3 Å². The summed E-state index contributed by atoms with van der Waals surface area (Å²) in [5.41, 5.74) is 0.724. The third-order valence-electron chi connectivity index (χ3n) is 3.08. The molecule has 0 aliphatic heterocycles. The molecule has 4 N–H and O–H groups in total. The standard InChI is InChI=1S/C15H22N2O4/c1-3-4-10(2)16-15(21)17-13(14(19)20)9-11-5-7-12(18)8-6-11/h5-8,10,13,18H,3-4,9H2,1-2H3,(H,19,20)(H2,16,17,21). The lowest BCUT2D eigenvalue weighted by Crippen LogP contribution is -2.49. The predicted octanol–water partition coefficient (Wildman–Crippen LogP) is 1.88. The van der Waals surface area contributed by atoms with E-state index in [2.05, 4.69) is 10.6 Å². The van der Waals surface area contributed by atoms with Crippen molar-refractivity contribution in [2.45, 2.75) is 45.2 Å². The van der Waals surface area contributed by atoms with Crippen molar-refractivity contribution < 1.29 is 19.8 Å². The van der Waals surface area contributed by atoms with E-state index in [0.29, 0.717) is 0 Å². The quantitative estimate of drug-likeness (QED) is 0.617. The predicted molar refractivity (Wildman–Crippen MR) is 79.3 cm³/mol. The van der Waals surface area contributed by atoms with Gasteiger partial charge in [-0.3, -0.25) is 0 Å². The van der Waals surface area contributed by atoms with Gasteiger partial charge in [0, 0.05) is 12.5 Å². The summed E-state index contributed by atoms with van der Waals surface area (Å²) in [5.74, 6) is -0.980. The van der Waals surface area contributed by atoms with E-state index in [1.54, 1.807) is 12.1 Å². The molecule has 2 amide bonds. The molecule has 1 rings (SSSR count). The zero-order valence-electron chi connectivity index (χ0n) is 12.3. The Balaban J connectivity index is 2.59. The molecule has 0 spiro atoms. The maximum atomic E-state index is 11.8. The second kappa shape index (κ2) is 8.14. The zero-order valence-corrected chi connectivity index (χ0v) is 12.3. The molecule has 0 aliphatic rings. The maximum absolute atomic E-state index is 11.8. The molecular formula is C15H22N2O4. The molecule has 0 bridgehead atoms.